The zero-order valence-electron chi connectivity index (χ0n) is 10.1. The Morgan fingerprint density at radius 2 is 2.12 bits per heavy atom. The molecule has 2 rings (SSSR count). The van der Waals surface area contributed by atoms with Crippen LogP contribution in [0.5, 0.6) is 0 Å². The monoisotopic (exact) mass is 235 g/mol. The maximum Gasteiger partial charge on any atom is 0.239 e. The molecule has 0 bridgehead atoms. The second kappa shape index (κ2) is 4.99. The van der Waals surface area contributed by atoms with E-state index in [0.717, 1.165) is 18.7 Å². The Morgan fingerprint density at radius 3 is 2.76 bits per heavy atom. The van der Waals surface area contributed by atoms with Crippen molar-refractivity contribution in [2.45, 2.75) is 25.8 Å². The number of rotatable bonds is 5. The van der Waals surface area contributed by atoms with Crippen molar-refractivity contribution in [1.82, 2.24) is 15.3 Å². The van der Waals surface area contributed by atoms with E-state index < -0.39 is 0 Å². The number of hydrogen-bond donors (Lipinski definition) is 3. The number of hydrogen-bond acceptors (Lipinski definition) is 5. The molecule has 0 aliphatic heterocycles. The smallest absolute Gasteiger partial charge is 0.239 e. The maximum atomic E-state index is 11.5. The molecule has 17 heavy (non-hydrogen) atoms. The molecule has 1 aromatic heterocycles. The van der Waals surface area contributed by atoms with Crippen molar-refractivity contribution in [2.24, 2.45) is 0 Å². The molecule has 92 valence electrons. The molecule has 0 saturated heterocycles. The molecular weight excluding hydrogens is 218 g/mol. The molecule has 1 heterocycles. The van der Waals surface area contributed by atoms with Gasteiger partial charge in [0.2, 0.25) is 5.91 Å². The van der Waals surface area contributed by atoms with Gasteiger partial charge in [-0.05, 0) is 19.8 Å². The average Bonchev–Trinajstić information content (AvgIpc) is 3.09. The molecule has 1 fully saturated rings. The molecule has 1 saturated carbocycles. The van der Waals surface area contributed by atoms with Crippen molar-refractivity contribution >= 4 is 17.5 Å². The minimum Gasteiger partial charge on any atom is -0.373 e. The lowest BCUT2D eigenvalue weighted by Gasteiger charge is -2.08. The lowest BCUT2D eigenvalue weighted by molar-refractivity contribution is -0.119. The molecular formula is C11H17N5O. The van der Waals surface area contributed by atoms with Crippen LogP contribution in [0.25, 0.3) is 0 Å². The van der Waals surface area contributed by atoms with E-state index in [4.69, 9.17) is 0 Å². The summed E-state index contributed by atoms with van der Waals surface area (Å²) in [4.78, 5) is 19.9. The van der Waals surface area contributed by atoms with Gasteiger partial charge in [-0.2, -0.15) is 0 Å². The standard InChI is InChI=1S/C11H17N5O/c1-7-14-9(12-2)5-10(15-7)13-6-11(17)16-8-3-4-8/h5,8H,3-4,6H2,1-2H3,(H,16,17)(H2,12,13,14,15). The van der Waals surface area contributed by atoms with Crippen LogP contribution in [0.4, 0.5) is 11.6 Å². The normalized spacial score (nSPS) is 14.2. The van der Waals surface area contributed by atoms with Crippen molar-refractivity contribution in [1.29, 1.82) is 0 Å². The Kier molecular flexibility index (Phi) is 3.41. The summed E-state index contributed by atoms with van der Waals surface area (Å²) in [7, 11) is 1.80. The lowest BCUT2D eigenvalue weighted by Crippen LogP contribution is -2.31. The largest absolute Gasteiger partial charge is 0.373 e. The Hall–Kier alpha value is -1.85. The molecule has 1 amide bonds. The van der Waals surface area contributed by atoms with E-state index in [-0.39, 0.29) is 12.5 Å². The summed E-state index contributed by atoms with van der Waals surface area (Å²) < 4.78 is 0. The van der Waals surface area contributed by atoms with Crippen LogP contribution in [0.2, 0.25) is 0 Å². The van der Waals surface area contributed by atoms with Crippen molar-refractivity contribution in [3.8, 4) is 0 Å². The number of carbonyl (C=O) groups excluding carboxylic acids is 1. The number of nitrogens with one attached hydrogen (secondary N) is 3. The molecule has 0 spiro atoms. The number of aromatic nitrogens is 2. The third-order valence-corrected chi connectivity index (χ3v) is 2.47. The number of anilines is 2. The van der Waals surface area contributed by atoms with Gasteiger partial charge in [-0.25, -0.2) is 9.97 Å². The summed E-state index contributed by atoms with van der Waals surface area (Å²) in [6.45, 7) is 2.06. The molecule has 6 nitrogen and oxygen atoms in total. The topological polar surface area (TPSA) is 78.9 Å². The number of carbonyl (C=O) groups is 1. The average molecular weight is 235 g/mol. The van der Waals surface area contributed by atoms with Crippen LogP contribution in [-0.4, -0.2) is 35.5 Å². The summed E-state index contributed by atoms with van der Waals surface area (Å²) >= 11 is 0. The third kappa shape index (κ3) is 3.58. The second-order valence-corrected chi connectivity index (χ2v) is 4.13. The van der Waals surface area contributed by atoms with E-state index in [9.17, 15) is 4.79 Å². The molecule has 1 aromatic rings. The van der Waals surface area contributed by atoms with Gasteiger partial charge >= 0.3 is 0 Å². The molecule has 0 aromatic carbocycles. The Morgan fingerprint density at radius 1 is 1.41 bits per heavy atom. The number of nitrogens with zero attached hydrogens (tertiary/aromatic N) is 2. The highest BCUT2D eigenvalue weighted by atomic mass is 16.2. The van der Waals surface area contributed by atoms with Gasteiger partial charge in [0, 0.05) is 19.2 Å². The molecule has 3 N–H and O–H groups in total. The summed E-state index contributed by atoms with van der Waals surface area (Å²) in [5.41, 5.74) is 0. The van der Waals surface area contributed by atoms with Crippen molar-refractivity contribution < 1.29 is 4.79 Å². The molecule has 1 aliphatic carbocycles. The van der Waals surface area contributed by atoms with Crippen molar-refractivity contribution in [3.63, 3.8) is 0 Å². The fraction of sp³-hybridized carbons (Fsp3) is 0.545. The predicted octanol–water partition coefficient (Wildman–Crippen LogP) is 0.517. The van der Waals surface area contributed by atoms with E-state index >= 15 is 0 Å². The predicted molar refractivity (Wildman–Crippen MR) is 66.0 cm³/mol. The molecule has 0 unspecified atom stereocenters. The van der Waals surface area contributed by atoms with Gasteiger partial charge in [-0.1, -0.05) is 0 Å². The van der Waals surface area contributed by atoms with Crippen LogP contribution >= 0.6 is 0 Å². The van der Waals surface area contributed by atoms with Crippen molar-refractivity contribution in [3.05, 3.63) is 11.9 Å². The third-order valence-electron chi connectivity index (χ3n) is 2.47. The quantitative estimate of drug-likeness (QED) is 0.693. The van der Waals surface area contributed by atoms with E-state index in [0.29, 0.717) is 17.7 Å². The fourth-order valence-electron chi connectivity index (χ4n) is 1.46. The first-order chi connectivity index (χ1) is 8.17. The lowest BCUT2D eigenvalue weighted by atomic mass is 10.4. The highest BCUT2D eigenvalue weighted by molar-refractivity contribution is 5.81. The van der Waals surface area contributed by atoms with E-state index in [2.05, 4.69) is 25.9 Å². The molecule has 0 radical (unpaired) electrons. The summed E-state index contributed by atoms with van der Waals surface area (Å²) in [5.74, 6) is 2.08. The SMILES string of the molecule is CNc1cc(NCC(=O)NC2CC2)nc(C)n1. The Balaban J connectivity index is 1.88. The van der Waals surface area contributed by atoms with Crippen molar-refractivity contribution in [2.75, 3.05) is 24.2 Å². The van der Waals surface area contributed by atoms with Crippen LogP contribution in [0, 0.1) is 6.92 Å². The van der Waals surface area contributed by atoms with E-state index in [1.165, 1.54) is 0 Å². The van der Waals surface area contributed by atoms with Gasteiger partial charge in [-0.15, -0.1) is 0 Å². The highest BCUT2D eigenvalue weighted by Gasteiger charge is 2.22. The first-order valence-corrected chi connectivity index (χ1v) is 5.74. The number of aryl methyl sites for hydroxylation is 1. The van der Waals surface area contributed by atoms with Gasteiger partial charge < -0.3 is 16.0 Å². The fourth-order valence-corrected chi connectivity index (χ4v) is 1.46. The summed E-state index contributed by atoms with van der Waals surface area (Å²) in [5, 5.41) is 8.84. The van der Waals surface area contributed by atoms with Gasteiger partial charge in [0.25, 0.3) is 0 Å². The Labute approximate surface area is 100 Å². The zero-order valence-corrected chi connectivity index (χ0v) is 10.1. The second-order valence-electron chi connectivity index (χ2n) is 4.13. The molecule has 0 atom stereocenters. The van der Waals surface area contributed by atoms with Crippen LogP contribution in [0.1, 0.15) is 18.7 Å². The van der Waals surface area contributed by atoms with Crippen LogP contribution in [0.3, 0.4) is 0 Å². The first-order valence-electron chi connectivity index (χ1n) is 5.74. The van der Waals surface area contributed by atoms with Gasteiger partial charge in [0.15, 0.2) is 0 Å². The van der Waals surface area contributed by atoms with Gasteiger partial charge in [0.05, 0.1) is 6.54 Å². The highest BCUT2D eigenvalue weighted by Crippen LogP contribution is 2.18. The summed E-state index contributed by atoms with van der Waals surface area (Å²) in [6.07, 6.45) is 2.20. The molecule has 6 heteroatoms. The first kappa shape index (κ1) is 11.6. The summed E-state index contributed by atoms with van der Waals surface area (Å²) in [6, 6.07) is 2.17. The maximum absolute atomic E-state index is 11.5. The van der Waals surface area contributed by atoms with Gasteiger partial charge in [0.1, 0.15) is 17.5 Å². The van der Waals surface area contributed by atoms with E-state index in [1.54, 1.807) is 13.1 Å². The minimum atomic E-state index is 0.00905. The minimum absolute atomic E-state index is 0.00905. The van der Waals surface area contributed by atoms with E-state index in [1.807, 2.05) is 6.92 Å². The van der Waals surface area contributed by atoms with Crippen LogP contribution in [0.15, 0.2) is 6.07 Å². The van der Waals surface area contributed by atoms with Gasteiger partial charge in [-0.3, -0.25) is 4.79 Å². The zero-order chi connectivity index (χ0) is 12.3. The Bertz CT molecular complexity index is 416. The van der Waals surface area contributed by atoms with Crippen LogP contribution < -0.4 is 16.0 Å². The molecule has 1 aliphatic rings. The number of amides is 1. The van der Waals surface area contributed by atoms with Crippen LogP contribution in [-0.2, 0) is 4.79 Å².